The fraction of sp³-hybridized carbons (Fsp3) is 0.550. The van der Waals surface area contributed by atoms with Crippen LogP contribution in [0, 0.1) is 13.8 Å². The molecule has 0 saturated carbocycles. The van der Waals surface area contributed by atoms with Crippen molar-refractivity contribution < 1.29 is 14.3 Å². The molecule has 0 aromatic carbocycles. The van der Waals surface area contributed by atoms with E-state index in [0.29, 0.717) is 37.9 Å². The van der Waals surface area contributed by atoms with E-state index in [-0.39, 0.29) is 12.0 Å². The molecule has 1 aliphatic rings. The topological polar surface area (TPSA) is 110 Å². The van der Waals surface area contributed by atoms with E-state index < -0.39 is 6.04 Å². The number of aryl methyl sites for hydroxylation is 2. The number of amides is 2. The zero-order valence-electron chi connectivity index (χ0n) is 19.1. The van der Waals surface area contributed by atoms with Crippen LogP contribution in [0.15, 0.2) is 12.4 Å². The maximum atomic E-state index is 13.0. The molecule has 32 heavy (non-hydrogen) atoms. The number of carbonyl (C=O) groups excluding carboxylic acids is 2. The predicted molar refractivity (Wildman–Crippen MR) is 125 cm³/mol. The van der Waals surface area contributed by atoms with Gasteiger partial charge in [-0.25, -0.2) is 4.79 Å². The third-order valence-electron chi connectivity index (χ3n) is 5.52. The molecule has 2 N–H and O–H groups in total. The molecule has 3 heterocycles. The fourth-order valence-corrected chi connectivity index (χ4v) is 3.62. The molecule has 0 spiro atoms. The fourth-order valence-electron chi connectivity index (χ4n) is 3.40. The molecule has 3 rings (SSSR count). The molecule has 0 aliphatic carbocycles. The van der Waals surface area contributed by atoms with Gasteiger partial charge in [0, 0.05) is 39.4 Å². The molecule has 0 radical (unpaired) electrons. The molecule has 12 heteroatoms. The first-order valence-electron chi connectivity index (χ1n) is 10.5. The van der Waals surface area contributed by atoms with Crippen LogP contribution in [0.4, 0.5) is 16.2 Å². The Labute approximate surface area is 192 Å². The van der Waals surface area contributed by atoms with Crippen molar-refractivity contribution in [2.45, 2.75) is 33.7 Å². The van der Waals surface area contributed by atoms with Gasteiger partial charge < -0.3 is 25.2 Å². The van der Waals surface area contributed by atoms with E-state index >= 15 is 0 Å². The molecule has 1 fully saturated rings. The van der Waals surface area contributed by atoms with Gasteiger partial charge in [0.2, 0.25) is 5.91 Å². The van der Waals surface area contributed by atoms with E-state index in [9.17, 15) is 9.59 Å². The number of aromatic nitrogens is 4. The number of hydrogen-bond acceptors (Lipinski definition) is 6. The molecule has 1 unspecified atom stereocenters. The highest BCUT2D eigenvalue weighted by atomic mass is 32.1. The van der Waals surface area contributed by atoms with Gasteiger partial charge in [-0.3, -0.25) is 14.2 Å². The first-order valence-corrected chi connectivity index (χ1v) is 10.9. The summed E-state index contributed by atoms with van der Waals surface area (Å²) in [7, 11) is 1.86. The van der Waals surface area contributed by atoms with Crippen molar-refractivity contribution in [3.05, 3.63) is 23.8 Å². The van der Waals surface area contributed by atoms with Gasteiger partial charge in [-0.15, -0.1) is 0 Å². The minimum absolute atomic E-state index is 0.0470. The molecule has 2 aromatic rings. The Hall–Kier alpha value is -3.15. The standard InChI is InChI=1S/C20H30N8O3S/c1-6-31-20(30)27-9-7-26(8-10-27)18(29)15(4)28-12-17(13(2)24-28)23-19(32)22-16-11-21-25(5)14(16)3/h11-12,15H,6-10H2,1-5H3,(H2,22,23,32). The highest BCUT2D eigenvalue weighted by Gasteiger charge is 2.29. The summed E-state index contributed by atoms with van der Waals surface area (Å²) >= 11 is 5.41. The second-order valence-corrected chi connectivity index (χ2v) is 8.05. The highest BCUT2D eigenvalue weighted by Crippen LogP contribution is 2.20. The number of nitrogens with one attached hydrogen (secondary N) is 2. The quantitative estimate of drug-likeness (QED) is 0.649. The van der Waals surface area contributed by atoms with E-state index in [0.717, 1.165) is 22.8 Å². The summed E-state index contributed by atoms with van der Waals surface area (Å²) in [6.45, 7) is 9.56. The Balaban J connectivity index is 1.58. The molecule has 1 atom stereocenters. The van der Waals surface area contributed by atoms with E-state index in [1.54, 1.807) is 38.5 Å². The SMILES string of the molecule is CCOC(=O)N1CCN(C(=O)C(C)n2cc(NC(=S)Nc3cnn(C)c3C)c(C)n2)CC1. The summed E-state index contributed by atoms with van der Waals surface area (Å²) in [5, 5.41) is 15.4. The molecule has 1 aliphatic heterocycles. The summed E-state index contributed by atoms with van der Waals surface area (Å²) in [6.07, 6.45) is 3.15. The number of thiocarbonyl (C=S) groups is 1. The maximum Gasteiger partial charge on any atom is 0.409 e. The third-order valence-corrected chi connectivity index (χ3v) is 5.72. The zero-order chi connectivity index (χ0) is 23.4. The lowest BCUT2D eigenvalue weighted by Gasteiger charge is -2.35. The first-order chi connectivity index (χ1) is 15.2. The Kier molecular flexibility index (Phi) is 7.33. The molecule has 0 bridgehead atoms. The van der Waals surface area contributed by atoms with E-state index in [4.69, 9.17) is 17.0 Å². The van der Waals surface area contributed by atoms with Gasteiger partial charge >= 0.3 is 6.09 Å². The smallest absolute Gasteiger partial charge is 0.409 e. The number of hydrogen-bond donors (Lipinski definition) is 2. The van der Waals surface area contributed by atoms with Crippen LogP contribution in [-0.4, -0.2) is 79.3 Å². The van der Waals surface area contributed by atoms with Crippen molar-refractivity contribution >= 4 is 40.7 Å². The number of carbonyl (C=O) groups is 2. The number of ether oxygens (including phenoxy) is 1. The van der Waals surface area contributed by atoms with Crippen LogP contribution >= 0.6 is 12.2 Å². The lowest BCUT2D eigenvalue weighted by atomic mass is 10.2. The molecule has 11 nitrogen and oxygen atoms in total. The van der Waals surface area contributed by atoms with Crippen LogP contribution in [0.5, 0.6) is 0 Å². The normalized spacial score (nSPS) is 14.8. The Morgan fingerprint density at radius 2 is 1.78 bits per heavy atom. The van der Waals surface area contributed by atoms with Gasteiger partial charge in [0.05, 0.1) is 35.6 Å². The molecular formula is C20H30N8O3S. The van der Waals surface area contributed by atoms with Gasteiger partial charge in [0.15, 0.2) is 5.11 Å². The predicted octanol–water partition coefficient (Wildman–Crippen LogP) is 1.90. The number of rotatable bonds is 5. The average Bonchev–Trinajstić information content (AvgIpc) is 3.29. The number of anilines is 2. The van der Waals surface area contributed by atoms with E-state index in [2.05, 4.69) is 20.8 Å². The lowest BCUT2D eigenvalue weighted by Crippen LogP contribution is -2.52. The molecule has 2 aromatic heterocycles. The summed E-state index contributed by atoms with van der Waals surface area (Å²) in [5.74, 6) is -0.0470. The second kappa shape index (κ2) is 9.98. The van der Waals surface area contributed by atoms with Crippen LogP contribution < -0.4 is 10.6 Å². The Morgan fingerprint density at radius 3 is 2.38 bits per heavy atom. The van der Waals surface area contributed by atoms with E-state index in [1.807, 2.05) is 27.8 Å². The molecule has 1 saturated heterocycles. The summed E-state index contributed by atoms with van der Waals surface area (Å²) in [5.41, 5.74) is 3.23. The van der Waals surface area contributed by atoms with E-state index in [1.165, 1.54) is 0 Å². The van der Waals surface area contributed by atoms with Crippen molar-refractivity contribution in [3.63, 3.8) is 0 Å². The van der Waals surface area contributed by atoms with Crippen molar-refractivity contribution in [1.82, 2.24) is 29.4 Å². The van der Waals surface area contributed by atoms with Crippen molar-refractivity contribution in [2.75, 3.05) is 43.4 Å². The third kappa shape index (κ3) is 5.18. The molecule has 174 valence electrons. The summed E-state index contributed by atoms with van der Waals surface area (Å²) in [4.78, 5) is 28.2. The zero-order valence-corrected chi connectivity index (χ0v) is 19.9. The van der Waals surface area contributed by atoms with Crippen molar-refractivity contribution in [2.24, 2.45) is 7.05 Å². The average molecular weight is 463 g/mol. The minimum atomic E-state index is -0.486. The van der Waals surface area contributed by atoms with Crippen LogP contribution in [-0.2, 0) is 16.6 Å². The van der Waals surface area contributed by atoms with Gasteiger partial charge in [-0.05, 0) is 39.9 Å². The lowest BCUT2D eigenvalue weighted by molar-refractivity contribution is -0.136. The highest BCUT2D eigenvalue weighted by molar-refractivity contribution is 7.80. The maximum absolute atomic E-state index is 13.0. The number of piperazine rings is 1. The monoisotopic (exact) mass is 462 g/mol. The first kappa shape index (κ1) is 23.5. The number of nitrogens with zero attached hydrogens (tertiary/aromatic N) is 6. The summed E-state index contributed by atoms with van der Waals surface area (Å²) in [6, 6.07) is -0.486. The van der Waals surface area contributed by atoms with Crippen molar-refractivity contribution in [3.8, 4) is 0 Å². The largest absolute Gasteiger partial charge is 0.450 e. The van der Waals surface area contributed by atoms with Gasteiger partial charge in [-0.2, -0.15) is 10.2 Å². The molecule has 2 amide bonds. The van der Waals surface area contributed by atoms with Crippen molar-refractivity contribution in [1.29, 1.82) is 0 Å². The molecular weight excluding hydrogens is 432 g/mol. The minimum Gasteiger partial charge on any atom is -0.450 e. The Morgan fingerprint density at radius 1 is 1.16 bits per heavy atom. The van der Waals surface area contributed by atoms with Crippen LogP contribution in [0.25, 0.3) is 0 Å². The van der Waals surface area contributed by atoms with Crippen LogP contribution in [0.3, 0.4) is 0 Å². The van der Waals surface area contributed by atoms with Gasteiger partial charge in [-0.1, -0.05) is 0 Å². The van der Waals surface area contributed by atoms with Crippen LogP contribution in [0.2, 0.25) is 0 Å². The van der Waals surface area contributed by atoms with Crippen LogP contribution in [0.1, 0.15) is 31.3 Å². The van der Waals surface area contributed by atoms with Gasteiger partial charge in [0.1, 0.15) is 6.04 Å². The summed E-state index contributed by atoms with van der Waals surface area (Å²) < 4.78 is 8.42. The van der Waals surface area contributed by atoms with Gasteiger partial charge in [0.25, 0.3) is 0 Å². The Bertz CT molecular complexity index is 993. The second-order valence-electron chi connectivity index (χ2n) is 7.64.